The number of thiophene rings is 1. The molecule has 1 rings (SSSR count). The van der Waals surface area contributed by atoms with Gasteiger partial charge in [-0.3, -0.25) is 0 Å². The molecule has 0 aliphatic carbocycles. The van der Waals surface area contributed by atoms with Crippen LogP contribution in [0.4, 0.5) is 0 Å². The Labute approximate surface area is 122 Å². The van der Waals surface area contributed by atoms with E-state index in [0.29, 0.717) is 0 Å². The predicted molar refractivity (Wildman–Crippen MR) is 75.9 cm³/mol. The Hall–Kier alpha value is -1.16. The van der Waals surface area contributed by atoms with E-state index >= 15 is 0 Å². The van der Waals surface area contributed by atoms with E-state index in [9.17, 15) is 13.2 Å². The van der Waals surface area contributed by atoms with Gasteiger partial charge in [-0.2, -0.15) is 0 Å². The molecule has 0 bridgehead atoms. The van der Waals surface area contributed by atoms with Crippen molar-refractivity contribution in [2.24, 2.45) is 0 Å². The third-order valence-corrected chi connectivity index (χ3v) is 5.62. The summed E-state index contributed by atoms with van der Waals surface area (Å²) in [6.45, 7) is 2.07. The maximum absolute atomic E-state index is 12.2. The van der Waals surface area contributed by atoms with Crippen LogP contribution in [0.25, 0.3) is 0 Å². The summed E-state index contributed by atoms with van der Waals surface area (Å²) in [5.41, 5.74) is 0. The number of carbonyl (C=O) groups is 1. The molecule has 1 atom stereocenters. The highest BCUT2D eigenvalue weighted by Crippen LogP contribution is 2.33. The van der Waals surface area contributed by atoms with Crippen molar-refractivity contribution in [2.75, 3.05) is 27.8 Å². The highest BCUT2D eigenvalue weighted by Gasteiger charge is 2.26. The first-order chi connectivity index (χ1) is 9.35. The van der Waals surface area contributed by atoms with Crippen LogP contribution in [-0.4, -0.2) is 48.2 Å². The van der Waals surface area contributed by atoms with Crippen molar-refractivity contribution in [3.63, 3.8) is 0 Å². The maximum Gasteiger partial charge on any atom is 0.348 e. The molecule has 20 heavy (non-hydrogen) atoms. The highest BCUT2D eigenvalue weighted by atomic mass is 32.2. The van der Waals surface area contributed by atoms with Gasteiger partial charge in [0.15, 0.2) is 9.96 Å². The molecule has 0 amide bonds. The van der Waals surface area contributed by atoms with Crippen LogP contribution in [0, 0.1) is 0 Å². The van der Waals surface area contributed by atoms with Crippen molar-refractivity contribution >= 4 is 27.3 Å². The van der Waals surface area contributed by atoms with E-state index in [1.807, 2.05) is 6.92 Å². The molecule has 1 aromatic rings. The third-order valence-electron chi connectivity index (χ3n) is 2.59. The highest BCUT2D eigenvalue weighted by molar-refractivity contribution is 7.91. The van der Waals surface area contributed by atoms with Crippen molar-refractivity contribution in [3.8, 4) is 5.75 Å². The minimum atomic E-state index is -3.73. The van der Waals surface area contributed by atoms with Gasteiger partial charge < -0.3 is 14.8 Å². The normalized spacial score (nSPS) is 13.0. The lowest BCUT2D eigenvalue weighted by molar-refractivity contribution is 0.0606. The summed E-state index contributed by atoms with van der Waals surface area (Å²) < 4.78 is 36.4. The molecule has 0 saturated carbocycles. The molecule has 9 heteroatoms. The summed E-state index contributed by atoms with van der Waals surface area (Å²) in [6, 6.07) is 1.34. The van der Waals surface area contributed by atoms with Crippen LogP contribution < -0.4 is 14.8 Å². The number of likely N-dealkylation sites (N-methyl/N-ethyl adjacent to an activating group) is 1. The van der Waals surface area contributed by atoms with Crippen molar-refractivity contribution in [2.45, 2.75) is 17.2 Å². The van der Waals surface area contributed by atoms with E-state index < -0.39 is 16.0 Å². The molecule has 0 aromatic carbocycles. The van der Waals surface area contributed by atoms with Gasteiger partial charge in [0.2, 0.25) is 0 Å². The van der Waals surface area contributed by atoms with E-state index in [1.54, 1.807) is 7.05 Å². The Bertz CT molecular complexity index is 567. The molecule has 0 aliphatic heterocycles. The average Bonchev–Trinajstić information content (AvgIpc) is 2.89. The van der Waals surface area contributed by atoms with Crippen molar-refractivity contribution in [3.05, 3.63) is 10.9 Å². The number of rotatable bonds is 7. The van der Waals surface area contributed by atoms with Gasteiger partial charge in [0.1, 0.15) is 4.88 Å². The average molecular weight is 322 g/mol. The minimum absolute atomic E-state index is 0.0178. The molecule has 1 unspecified atom stereocenters. The molecule has 1 heterocycles. The Morgan fingerprint density at radius 3 is 2.60 bits per heavy atom. The van der Waals surface area contributed by atoms with Crippen LogP contribution in [0.1, 0.15) is 16.6 Å². The number of nitrogens with one attached hydrogen (secondary N) is 2. The van der Waals surface area contributed by atoms with Crippen LogP contribution in [0.3, 0.4) is 0 Å². The molecule has 1 aromatic heterocycles. The number of esters is 1. The van der Waals surface area contributed by atoms with Gasteiger partial charge in [0, 0.05) is 18.7 Å². The molecule has 114 valence electrons. The van der Waals surface area contributed by atoms with Gasteiger partial charge in [0.25, 0.3) is 10.0 Å². The smallest absolute Gasteiger partial charge is 0.348 e. The first kappa shape index (κ1) is 16.9. The van der Waals surface area contributed by atoms with E-state index in [4.69, 9.17) is 4.74 Å². The standard InChI is InChI=1S/C11H18N2O5S2/c1-7(12-2)6-13-20(15,16)11-8(17-3)5-9(19-11)10(14)18-4/h5,7,12-13H,6H2,1-4H3. The van der Waals surface area contributed by atoms with Gasteiger partial charge in [-0.25, -0.2) is 17.9 Å². The van der Waals surface area contributed by atoms with E-state index in [-0.39, 0.29) is 27.4 Å². The SMILES string of the molecule is CNC(C)CNS(=O)(=O)c1sc(C(=O)OC)cc1OC. The summed E-state index contributed by atoms with van der Waals surface area (Å²) in [5.74, 6) is -0.474. The minimum Gasteiger partial charge on any atom is -0.494 e. The van der Waals surface area contributed by atoms with Gasteiger partial charge in [0.05, 0.1) is 14.2 Å². The zero-order valence-electron chi connectivity index (χ0n) is 11.7. The summed E-state index contributed by atoms with van der Waals surface area (Å²) in [6.07, 6.45) is 0. The monoisotopic (exact) mass is 322 g/mol. The molecule has 0 spiro atoms. The van der Waals surface area contributed by atoms with E-state index in [2.05, 4.69) is 14.8 Å². The molecular formula is C11H18N2O5S2. The predicted octanol–water partition coefficient (Wildman–Crippen LogP) is 0.429. The van der Waals surface area contributed by atoms with Crippen molar-refractivity contribution in [1.82, 2.24) is 10.0 Å². The van der Waals surface area contributed by atoms with Crippen molar-refractivity contribution < 1.29 is 22.7 Å². The Morgan fingerprint density at radius 1 is 1.45 bits per heavy atom. The third kappa shape index (κ3) is 3.92. The lowest BCUT2D eigenvalue weighted by atomic mass is 10.4. The molecule has 0 saturated heterocycles. The number of sulfonamides is 1. The molecule has 0 radical (unpaired) electrons. The van der Waals surface area contributed by atoms with Crippen LogP contribution in [-0.2, 0) is 14.8 Å². The number of ether oxygens (including phenoxy) is 2. The fraction of sp³-hybridized carbons (Fsp3) is 0.545. The van der Waals surface area contributed by atoms with Gasteiger partial charge in [-0.15, -0.1) is 11.3 Å². The molecule has 2 N–H and O–H groups in total. The second-order valence-corrected chi connectivity index (χ2v) is 7.01. The van der Waals surface area contributed by atoms with E-state index in [0.717, 1.165) is 11.3 Å². The quantitative estimate of drug-likeness (QED) is 0.707. The van der Waals surface area contributed by atoms with E-state index in [1.165, 1.54) is 20.3 Å². The zero-order valence-corrected chi connectivity index (χ0v) is 13.4. The Morgan fingerprint density at radius 2 is 2.10 bits per heavy atom. The van der Waals surface area contributed by atoms with Crippen molar-refractivity contribution in [1.29, 1.82) is 0 Å². The molecule has 0 aliphatic rings. The largest absolute Gasteiger partial charge is 0.494 e. The first-order valence-electron chi connectivity index (χ1n) is 5.78. The molecule has 7 nitrogen and oxygen atoms in total. The summed E-state index contributed by atoms with van der Waals surface area (Å²) >= 11 is 0.813. The lowest BCUT2D eigenvalue weighted by Gasteiger charge is -2.11. The first-order valence-corrected chi connectivity index (χ1v) is 8.08. The second-order valence-electron chi connectivity index (χ2n) is 4.00. The second kappa shape index (κ2) is 7.02. The topological polar surface area (TPSA) is 93.7 Å². The van der Waals surface area contributed by atoms with Crippen LogP contribution >= 0.6 is 11.3 Å². The van der Waals surface area contributed by atoms with Crippen LogP contribution in [0.15, 0.2) is 10.3 Å². The summed E-state index contributed by atoms with van der Waals surface area (Å²) in [7, 11) is 0.580. The Balaban J connectivity index is 3.04. The number of hydrogen-bond donors (Lipinski definition) is 2. The van der Waals surface area contributed by atoms with Crippen LogP contribution in [0.2, 0.25) is 0 Å². The Kier molecular flexibility index (Phi) is 5.93. The van der Waals surface area contributed by atoms with Gasteiger partial charge >= 0.3 is 5.97 Å². The fourth-order valence-electron chi connectivity index (χ4n) is 1.29. The fourth-order valence-corrected chi connectivity index (χ4v) is 3.96. The van der Waals surface area contributed by atoms with Crippen LogP contribution in [0.5, 0.6) is 5.75 Å². The number of carbonyl (C=O) groups excluding carboxylic acids is 1. The zero-order chi connectivity index (χ0) is 15.3. The number of methoxy groups -OCH3 is 2. The number of hydrogen-bond acceptors (Lipinski definition) is 7. The van der Waals surface area contributed by atoms with Gasteiger partial charge in [-0.1, -0.05) is 0 Å². The molecular weight excluding hydrogens is 304 g/mol. The summed E-state index contributed by atoms with van der Waals surface area (Å²) in [4.78, 5) is 11.6. The van der Waals surface area contributed by atoms with Gasteiger partial charge in [-0.05, 0) is 14.0 Å². The maximum atomic E-state index is 12.2. The molecule has 0 fully saturated rings. The lowest BCUT2D eigenvalue weighted by Crippen LogP contribution is -2.36. The summed E-state index contributed by atoms with van der Waals surface area (Å²) in [5, 5.41) is 2.92.